The van der Waals surface area contributed by atoms with E-state index in [-0.39, 0.29) is 28.7 Å². The summed E-state index contributed by atoms with van der Waals surface area (Å²) in [6, 6.07) is 3.91. The molecule has 0 unspecified atom stereocenters. The fourth-order valence-corrected chi connectivity index (χ4v) is 5.81. The van der Waals surface area contributed by atoms with Gasteiger partial charge in [0.2, 0.25) is 5.82 Å². The van der Waals surface area contributed by atoms with Crippen LogP contribution in [0.4, 0.5) is 4.39 Å². The first-order valence-corrected chi connectivity index (χ1v) is 13.5. The minimum Gasteiger partial charge on any atom is -0.459 e. The van der Waals surface area contributed by atoms with E-state index >= 15 is 0 Å². The molecule has 2 heterocycles. The fourth-order valence-electron chi connectivity index (χ4n) is 3.65. The van der Waals surface area contributed by atoms with E-state index in [1.165, 1.54) is 16.7 Å². The van der Waals surface area contributed by atoms with Crippen LogP contribution >= 0.6 is 11.8 Å². The van der Waals surface area contributed by atoms with Crippen molar-refractivity contribution >= 4 is 27.6 Å². The number of hydrogen-bond donors (Lipinski definition) is 0. The van der Waals surface area contributed by atoms with Gasteiger partial charge in [0, 0.05) is 5.75 Å². The number of sulfone groups is 1. The number of thioether (sulfide) groups is 1. The Morgan fingerprint density at radius 1 is 1.29 bits per heavy atom. The molecule has 0 saturated carbocycles. The average molecular weight is 527 g/mol. The first-order valence-electron chi connectivity index (χ1n) is 10.7. The van der Waals surface area contributed by atoms with E-state index in [0.29, 0.717) is 17.7 Å². The molecule has 1 aliphatic carbocycles. The Morgan fingerprint density at radius 3 is 2.80 bits per heavy atom. The second-order valence-electron chi connectivity index (χ2n) is 9.00. The zero-order chi connectivity index (χ0) is 25.4. The van der Waals surface area contributed by atoms with Gasteiger partial charge in [-0.2, -0.15) is 0 Å². The molecule has 0 amide bonds. The highest BCUT2D eigenvalue weighted by Gasteiger charge is 2.34. The van der Waals surface area contributed by atoms with E-state index in [1.54, 1.807) is 26.8 Å². The van der Waals surface area contributed by atoms with Crippen LogP contribution in [0.5, 0.6) is 0 Å². The molecule has 3 aromatic rings. The second-order valence-corrected chi connectivity index (χ2v) is 12.3. The summed E-state index contributed by atoms with van der Waals surface area (Å²) in [6.45, 7) is 4.98. The molecule has 0 bridgehead atoms. The largest absolute Gasteiger partial charge is 0.459 e. The van der Waals surface area contributed by atoms with Crippen LogP contribution in [-0.4, -0.2) is 57.3 Å². The molecule has 1 aliphatic rings. The van der Waals surface area contributed by atoms with E-state index in [0.717, 1.165) is 17.3 Å². The number of carbonyl (C=O) groups excluding carboxylic acids is 1. The predicted molar refractivity (Wildman–Crippen MR) is 122 cm³/mol. The summed E-state index contributed by atoms with van der Waals surface area (Å²) in [5.74, 6) is -2.47. The Labute approximate surface area is 203 Å². The topological polar surface area (TPSA) is 147 Å². The van der Waals surface area contributed by atoms with Gasteiger partial charge in [0.1, 0.15) is 17.2 Å². The van der Waals surface area contributed by atoms with Crippen molar-refractivity contribution in [1.29, 1.82) is 0 Å². The van der Waals surface area contributed by atoms with E-state index in [4.69, 9.17) is 13.9 Å². The smallest absolute Gasteiger partial charge is 0.442 e. The molecule has 35 heavy (non-hydrogen) atoms. The number of fused-ring (bicyclic) bond motifs is 1. The molecule has 4 rings (SSSR count). The van der Waals surface area contributed by atoms with E-state index in [2.05, 4.69) is 15.5 Å². The number of hydrogen-bond acceptors (Lipinski definition) is 11. The zero-order valence-corrected chi connectivity index (χ0v) is 20.8. The monoisotopic (exact) mass is 526 g/mol. The number of aromatic nitrogens is 4. The number of esters is 1. The fraction of sp³-hybridized carbons (Fsp3) is 0.476. The highest BCUT2D eigenvalue weighted by atomic mass is 32.2. The molecule has 188 valence electrons. The van der Waals surface area contributed by atoms with Gasteiger partial charge in [0.05, 0.1) is 11.8 Å². The molecular weight excluding hydrogens is 503 g/mol. The summed E-state index contributed by atoms with van der Waals surface area (Å²) in [6.07, 6.45) is 0.718. The maximum atomic E-state index is 13.7. The van der Waals surface area contributed by atoms with Gasteiger partial charge in [-0.05, 0) is 67.2 Å². The van der Waals surface area contributed by atoms with Crippen molar-refractivity contribution in [3.63, 3.8) is 0 Å². The quantitative estimate of drug-likeness (QED) is 0.230. The van der Waals surface area contributed by atoms with E-state index in [1.807, 2.05) is 0 Å². The summed E-state index contributed by atoms with van der Waals surface area (Å²) < 4.78 is 54.1. The number of rotatable bonds is 9. The van der Waals surface area contributed by atoms with Crippen LogP contribution in [0.1, 0.15) is 44.4 Å². The lowest BCUT2D eigenvalue weighted by Crippen LogP contribution is -2.31. The number of halogens is 1. The molecule has 14 heteroatoms. The van der Waals surface area contributed by atoms with Crippen molar-refractivity contribution in [3.05, 3.63) is 45.7 Å². The van der Waals surface area contributed by atoms with Gasteiger partial charge in [-0.3, -0.25) is 9.32 Å². The van der Waals surface area contributed by atoms with Crippen molar-refractivity contribution in [2.24, 2.45) is 0 Å². The second kappa shape index (κ2) is 9.57. The lowest BCUT2D eigenvalue weighted by molar-refractivity contribution is -0.151. The van der Waals surface area contributed by atoms with Crippen molar-refractivity contribution < 1.29 is 31.5 Å². The Morgan fingerprint density at radius 2 is 2.06 bits per heavy atom. The molecule has 0 saturated heterocycles. The third kappa shape index (κ3) is 5.81. The van der Waals surface area contributed by atoms with Crippen molar-refractivity contribution in [3.8, 4) is 11.5 Å². The Balaban J connectivity index is 1.40. The number of benzene rings is 1. The molecular formula is C21H23FN4O7S2. The van der Waals surface area contributed by atoms with Gasteiger partial charge < -0.3 is 4.74 Å². The molecule has 11 nitrogen and oxygen atoms in total. The average Bonchev–Trinajstić information content (AvgIpc) is 3.32. The molecule has 1 atom stereocenters. The lowest BCUT2D eigenvalue weighted by atomic mass is 9.83. The standard InChI is InChI=1S/C21H23FN4O7S2/c1-21(2,3)31-16(27)11-35(29,30)8-4-7-34-19-17(23-33-25-19)18-24-32-20(28)26(18)15-9-12-5-6-13(22)10-14(12)15/h5-6,10,15H,4,7-9,11H2,1-3H3/t15-/m0/s1. The van der Waals surface area contributed by atoms with Crippen LogP contribution in [0, 0.1) is 5.82 Å². The molecule has 0 radical (unpaired) electrons. The molecule has 0 N–H and O–H groups in total. The van der Waals surface area contributed by atoms with Gasteiger partial charge in [0.25, 0.3) is 0 Å². The van der Waals surface area contributed by atoms with E-state index in [9.17, 15) is 22.4 Å². The van der Waals surface area contributed by atoms with Crippen LogP contribution in [0.2, 0.25) is 0 Å². The van der Waals surface area contributed by atoms with Crippen LogP contribution in [0.25, 0.3) is 11.5 Å². The lowest BCUT2D eigenvalue weighted by Gasteiger charge is -2.30. The first-order chi connectivity index (χ1) is 16.4. The summed E-state index contributed by atoms with van der Waals surface area (Å²) in [5.41, 5.74) is 0.951. The van der Waals surface area contributed by atoms with Crippen molar-refractivity contribution in [2.45, 2.75) is 50.3 Å². The van der Waals surface area contributed by atoms with Crippen LogP contribution in [0.3, 0.4) is 0 Å². The van der Waals surface area contributed by atoms with Crippen molar-refractivity contribution in [2.75, 3.05) is 17.3 Å². The van der Waals surface area contributed by atoms with Crippen LogP contribution in [-0.2, 0) is 25.8 Å². The Kier molecular flexibility index (Phi) is 6.86. The predicted octanol–water partition coefficient (Wildman–Crippen LogP) is 2.41. The number of carbonyl (C=O) groups is 1. The molecule has 0 spiro atoms. The Hall–Kier alpha value is -3.00. The highest BCUT2D eigenvalue weighted by molar-refractivity contribution is 7.99. The normalized spacial score (nSPS) is 15.5. The maximum Gasteiger partial charge on any atom is 0.442 e. The van der Waals surface area contributed by atoms with Gasteiger partial charge in [0.15, 0.2) is 20.6 Å². The number of ether oxygens (including phenoxy) is 1. The highest BCUT2D eigenvalue weighted by Crippen LogP contribution is 2.38. The molecule has 1 aromatic carbocycles. The van der Waals surface area contributed by atoms with Crippen LogP contribution in [0.15, 0.2) is 37.2 Å². The SMILES string of the molecule is CC(C)(C)OC(=O)CS(=O)(=O)CCCSc1nonc1-c1noc(=O)n1[C@H]1Cc2ccc(F)cc21. The summed E-state index contributed by atoms with van der Waals surface area (Å²) in [4.78, 5) is 24.2. The van der Waals surface area contributed by atoms with Crippen molar-refractivity contribution in [1.82, 2.24) is 20.0 Å². The van der Waals surface area contributed by atoms with Crippen LogP contribution < -0.4 is 5.76 Å². The molecule has 2 aromatic heterocycles. The van der Waals surface area contributed by atoms with Gasteiger partial charge in [-0.15, -0.1) is 11.8 Å². The van der Waals surface area contributed by atoms with Gasteiger partial charge in [-0.1, -0.05) is 11.2 Å². The van der Waals surface area contributed by atoms with Gasteiger partial charge >= 0.3 is 11.7 Å². The minimum atomic E-state index is -3.65. The number of nitrogens with zero attached hydrogens (tertiary/aromatic N) is 4. The minimum absolute atomic E-state index is 0.0798. The van der Waals surface area contributed by atoms with E-state index < -0.39 is 44.8 Å². The Bertz CT molecular complexity index is 1410. The summed E-state index contributed by atoms with van der Waals surface area (Å²) >= 11 is 1.16. The zero-order valence-electron chi connectivity index (χ0n) is 19.2. The third-order valence-electron chi connectivity index (χ3n) is 5.09. The van der Waals surface area contributed by atoms with Gasteiger partial charge in [-0.25, -0.2) is 26.8 Å². The molecule has 0 aliphatic heterocycles. The third-order valence-corrected chi connectivity index (χ3v) is 7.71. The molecule has 0 fully saturated rings. The summed E-state index contributed by atoms with van der Waals surface area (Å²) in [7, 11) is -3.65. The maximum absolute atomic E-state index is 13.7. The first kappa shape index (κ1) is 25.1. The summed E-state index contributed by atoms with van der Waals surface area (Å²) in [5, 5.41) is 11.7.